The summed E-state index contributed by atoms with van der Waals surface area (Å²) in [5.74, 6) is -2.15. The number of hydrogen-bond donors (Lipinski definition) is 1. The molecule has 0 radical (unpaired) electrons. The average molecular weight is 313 g/mol. The number of nitrogens with zero attached hydrogens (tertiary/aromatic N) is 1. The Morgan fingerprint density at radius 3 is 2.37 bits per heavy atom. The van der Waals surface area contributed by atoms with Gasteiger partial charge in [0.25, 0.3) is 0 Å². The van der Waals surface area contributed by atoms with E-state index >= 15 is 0 Å². The monoisotopic (exact) mass is 312 g/mol. The van der Waals surface area contributed by atoms with E-state index in [4.69, 9.17) is 5.73 Å². The van der Waals surface area contributed by atoms with Gasteiger partial charge in [-0.2, -0.15) is 4.31 Å². The Morgan fingerprint density at radius 2 is 1.84 bits per heavy atom. The quantitative estimate of drug-likeness (QED) is 0.900. The second-order valence-electron chi connectivity index (χ2n) is 4.32. The van der Waals surface area contributed by atoms with Crippen molar-refractivity contribution in [2.24, 2.45) is 5.73 Å². The van der Waals surface area contributed by atoms with Crippen LogP contribution in [0.1, 0.15) is 12.8 Å². The first kappa shape index (κ1) is 16.3. The van der Waals surface area contributed by atoms with Crippen LogP contribution in [0, 0.1) is 11.6 Å². The summed E-state index contributed by atoms with van der Waals surface area (Å²) in [7, 11) is -4.15. The van der Waals surface area contributed by atoms with Crippen LogP contribution in [0.3, 0.4) is 0 Å². The highest BCUT2D eigenvalue weighted by atomic mass is 35.5. The minimum Gasteiger partial charge on any atom is -0.327 e. The van der Waals surface area contributed by atoms with Crippen molar-refractivity contribution in [2.75, 3.05) is 13.1 Å². The number of piperidine rings is 1. The van der Waals surface area contributed by atoms with E-state index in [0.29, 0.717) is 12.8 Å². The number of benzene rings is 1. The normalized spacial score (nSPS) is 20.9. The zero-order chi connectivity index (χ0) is 13.3. The number of nitrogens with two attached hydrogens (primary N) is 1. The van der Waals surface area contributed by atoms with Crippen molar-refractivity contribution < 1.29 is 17.2 Å². The Labute approximate surface area is 117 Å². The first-order chi connectivity index (χ1) is 8.43. The highest BCUT2D eigenvalue weighted by Gasteiger charge is 2.33. The summed E-state index contributed by atoms with van der Waals surface area (Å²) in [5, 5.41) is 0. The molecule has 2 N–H and O–H groups in total. The lowest BCUT2D eigenvalue weighted by Crippen LogP contribution is -2.46. The summed E-state index contributed by atoms with van der Waals surface area (Å²) in [6, 6.07) is 2.70. The molecule has 0 aromatic heterocycles. The molecule has 8 heteroatoms. The predicted octanol–water partition coefficient (Wildman–Crippen LogP) is 1.50. The van der Waals surface area contributed by atoms with Crippen LogP contribution in [0.2, 0.25) is 0 Å². The Hall–Kier alpha value is -0.760. The van der Waals surface area contributed by atoms with Gasteiger partial charge in [-0.3, -0.25) is 0 Å². The summed E-state index contributed by atoms with van der Waals surface area (Å²) < 4.78 is 52.4. The van der Waals surface area contributed by atoms with Crippen LogP contribution in [0.4, 0.5) is 8.78 Å². The molecule has 1 heterocycles. The highest BCUT2D eigenvalue weighted by molar-refractivity contribution is 7.89. The zero-order valence-corrected chi connectivity index (χ0v) is 11.7. The van der Waals surface area contributed by atoms with Gasteiger partial charge in [0.2, 0.25) is 10.0 Å². The van der Waals surface area contributed by atoms with Crippen LogP contribution < -0.4 is 5.73 Å². The molecule has 108 valence electrons. The van der Waals surface area contributed by atoms with Crippen molar-refractivity contribution in [3.63, 3.8) is 0 Å². The third-order valence-electron chi connectivity index (χ3n) is 2.94. The molecule has 1 fully saturated rings. The van der Waals surface area contributed by atoms with Gasteiger partial charge in [0.15, 0.2) is 4.90 Å². The molecule has 2 rings (SSSR count). The predicted molar refractivity (Wildman–Crippen MR) is 69.6 cm³/mol. The molecule has 0 bridgehead atoms. The molecule has 1 aromatic rings. The third-order valence-corrected chi connectivity index (χ3v) is 4.85. The lowest BCUT2D eigenvalue weighted by atomic mass is 10.1. The van der Waals surface area contributed by atoms with Crippen molar-refractivity contribution in [1.29, 1.82) is 0 Å². The standard InChI is InChI=1S/C11H14F2N2O2S.ClH/c12-9-4-1-5-10(13)11(9)18(16,17)15-6-2-3-8(14)7-15;/h1,4-5,8H,2-3,6-7,14H2;1H/t8-;/m1./s1. The van der Waals surface area contributed by atoms with Crippen LogP contribution in [0.15, 0.2) is 23.1 Å². The van der Waals surface area contributed by atoms with Gasteiger partial charge in [-0.15, -0.1) is 12.4 Å². The second kappa shape index (κ2) is 6.13. The topological polar surface area (TPSA) is 63.4 Å². The number of rotatable bonds is 2. The van der Waals surface area contributed by atoms with Crippen molar-refractivity contribution in [1.82, 2.24) is 4.31 Å². The minimum atomic E-state index is -4.15. The van der Waals surface area contributed by atoms with Gasteiger partial charge in [-0.1, -0.05) is 6.07 Å². The van der Waals surface area contributed by atoms with Gasteiger partial charge in [0.05, 0.1) is 0 Å². The number of halogens is 3. The summed E-state index contributed by atoms with van der Waals surface area (Å²) in [6.45, 7) is 0.333. The fourth-order valence-electron chi connectivity index (χ4n) is 2.05. The second-order valence-corrected chi connectivity index (χ2v) is 6.19. The van der Waals surface area contributed by atoms with Crippen molar-refractivity contribution in [3.05, 3.63) is 29.8 Å². The molecule has 0 saturated carbocycles. The minimum absolute atomic E-state index is 0. The van der Waals surface area contributed by atoms with Crippen LogP contribution in [-0.4, -0.2) is 31.9 Å². The fraction of sp³-hybridized carbons (Fsp3) is 0.455. The first-order valence-electron chi connectivity index (χ1n) is 5.62. The molecular formula is C11H15ClF2N2O2S. The van der Waals surface area contributed by atoms with Crippen LogP contribution in [0.25, 0.3) is 0 Å². The maximum absolute atomic E-state index is 13.5. The zero-order valence-electron chi connectivity index (χ0n) is 10.1. The Bertz CT molecular complexity index is 533. The van der Waals surface area contributed by atoms with Gasteiger partial charge < -0.3 is 5.73 Å². The molecule has 19 heavy (non-hydrogen) atoms. The number of sulfonamides is 1. The van der Waals surface area contributed by atoms with E-state index in [1.54, 1.807) is 0 Å². The third kappa shape index (κ3) is 3.22. The molecule has 4 nitrogen and oxygen atoms in total. The van der Waals surface area contributed by atoms with E-state index < -0.39 is 26.6 Å². The molecule has 1 atom stereocenters. The van der Waals surface area contributed by atoms with E-state index in [1.165, 1.54) is 0 Å². The molecule has 0 aliphatic carbocycles. The van der Waals surface area contributed by atoms with Crippen LogP contribution in [0.5, 0.6) is 0 Å². The van der Waals surface area contributed by atoms with E-state index in [9.17, 15) is 17.2 Å². The Balaban J connectivity index is 0.00000180. The SMILES string of the molecule is Cl.N[C@@H]1CCCN(S(=O)(=O)c2c(F)cccc2F)C1. The Morgan fingerprint density at radius 1 is 1.26 bits per heavy atom. The number of hydrogen-bond acceptors (Lipinski definition) is 3. The summed E-state index contributed by atoms with van der Waals surface area (Å²) >= 11 is 0. The summed E-state index contributed by atoms with van der Waals surface area (Å²) in [4.78, 5) is -0.890. The van der Waals surface area contributed by atoms with Gasteiger partial charge in [0, 0.05) is 19.1 Å². The molecule has 0 unspecified atom stereocenters. The van der Waals surface area contributed by atoms with Gasteiger partial charge >= 0.3 is 0 Å². The van der Waals surface area contributed by atoms with Crippen molar-refractivity contribution in [2.45, 2.75) is 23.8 Å². The molecule has 1 aliphatic rings. The van der Waals surface area contributed by atoms with Gasteiger partial charge in [0.1, 0.15) is 11.6 Å². The first-order valence-corrected chi connectivity index (χ1v) is 7.06. The van der Waals surface area contributed by atoms with Crippen molar-refractivity contribution in [3.8, 4) is 0 Å². The van der Waals surface area contributed by atoms with E-state index in [1.807, 2.05) is 0 Å². The molecular weight excluding hydrogens is 298 g/mol. The molecule has 1 aliphatic heterocycles. The van der Waals surface area contributed by atoms with Crippen LogP contribution in [-0.2, 0) is 10.0 Å². The molecule has 1 aromatic carbocycles. The van der Waals surface area contributed by atoms with E-state index in [2.05, 4.69) is 0 Å². The van der Waals surface area contributed by atoms with E-state index in [0.717, 1.165) is 22.5 Å². The van der Waals surface area contributed by atoms with E-state index in [-0.39, 0.29) is 31.5 Å². The lowest BCUT2D eigenvalue weighted by Gasteiger charge is -2.29. The average Bonchev–Trinajstić information content (AvgIpc) is 2.28. The lowest BCUT2D eigenvalue weighted by molar-refractivity contribution is 0.313. The summed E-state index contributed by atoms with van der Waals surface area (Å²) in [6.07, 6.45) is 1.31. The van der Waals surface area contributed by atoms with Crippen LogP contribution >= 0.6 is 12.4 Å². The largest absolute Gasteiger partial charge is 0.327 e. The molecule has 0 spiro atoms. The van der Waals surface area contributed by atoms with Gasteiger partial charge in [-0.25, -0.2) is 17.2 Å². The maximum atomic E-state index is 13.5. The molecule has 1 saturated heterocycles. The van der Waals surface area contributed by atoms with Crippen molar-refractivity contribution >= 4 is 22.4 Å². The highest BCUT2D eigenvalue weighted by Crippen LogP contribution is 2.24. The summed E-state index contributed by atoms with van der Waals surface area (Å²) in [5.41, 5.74) is 5.68. The maximum Gasteiger partial charge on any atom is 0.248 e. The van der Waals surface area contributed by atoms with Gasteiger partial charge in [-0.05, 0) is 25.0 Å². The fourth-order valence-corrected chi connectivity index (χ4v) is 3.69. The molecule has 0 amide bonds. The smallest absolute Gasteiger partial charge is 0.248 e. The Kier molecular flexibility index (Phi) is 5.26.